The minimum absolute atomic E-state index is 0.0308. The lowest BCUT2D eigenvalue weighted by molar-refractivity contribution is -0.120. The summed E-state index contributed by atoms with van der Waals surface area (Å²) in [6.45, 7) is 1.38. The number of nitrogens with one attached hydrogen (secondary N) is 1. The SMILES string of the molecule is O=C(Cc1coc2ccc3ccccc3c12)NCCCOC1CCCCC1. The van der Waals surface area contributed by atoms with E-state index in [2.05, 4.69) is 23.5 Å². The molecule has 142 valence electrons. The monoisotopic (exact) mass is 365 g/mol. The van der Waals surface area contributed by atoms with Gasteiger partial charge < -0.3 is 14.5 Å². The van der Waals surface area contributed by atoms with Crippen molar-refractivity contribution >= 4 is 27.6 Å². The summed E-state index contributed by atoms with van der Waals surface area (Å²) in [6.07, 6.45) is 9.63. The number of rotatable bonds is 7. The molecule has 0 aliphatic heterocycles. The minimum atomic E-state index is 0.0308. The van der Waals surface area contributed by atoms with E-state index >= 15 is 0 Å². The maximum atomic E-state index is 12.4. The summed E-state index contributed by atoms with van der Waals surface area (Å²) in [6, 6.07) is 12.2. The number of carbonyl (C=O) groups is 1. The van der Waals surface area contributed by atoms with Gasteiger partial charge in [-0.1, -0.05) is 49.6 Å². The molecule has 0 radical (unpaired) electrons. The standard InChI is InChI=1S/C23H27NO3/c25-22(24-13-6-14-26-19-8-2-1-3-9-19)15-18-16-27-21-12-11-17-7-4-5-10-20(17)23(18)21/h4-5,7,10-12,16,19H,1-3,6,8-9,13-15H2,(H,24,25). The van der Waals surface area contributed by atoms with Gasteiger partial charge in [0, 0.05) is 24.1 Å². The molecule has 4 nitrogen and oxygen atoms in total. The first-order valence-corrected chi connectivity index (χ1v) is 10.1. The summed E-state index contributed by atoms with van der Waals surface area (Å²) in [7, 11) is 0. The molecule has 1 amide bonds. The molecule has 27 heavy (non-hydrogen) atoms. The molecule has 1 N–H and O–H groups in total. The van der Waals surface area contributed by atoms with Gasteiger partial charge in [0.2, 0.25) is 5.91 Å². The molecule has 1 fully saturated rings. The number of ether oxygens (including phenoxy) is 1. The van der Waals surface area contributed by atoms with Crippen molar-refractivity contribution in [2.75, 3.05) is 13.2 Å². The summed E-state index contributed by atoms with van der Waals surface area (Å²) in [5.41, 5.74) is 1.77. The van der Waals surface area contributed by atoms with Crippen molar-refractivity contribution in [2.45, 2.75) is 51.0 Å². The highest BCUT2D eigenvalue weighted by Gasteiger charge is 2.14. The van der Waals surface area contributed by atoms with Gasteiger partial charge in [0.1, 0.15) is 5.58 Å². The lowest BCUT2D eigenvalue weighted by Gasteiger charge is -2.21. The van der Waals surface area contributed by atoms with Gasteiger partial charge >= 0.3 is 0 Å². The van der Waals surface area contributed by atoms with Crippen LogP contribution < -0.4 is 5.32 Å². The average molecular weight is 365 g/mol. The molecular weight excluding hydrogens is 338 g/mol. The topological polar surface area (TPSA) is 51.5 Å². The fraction of sp³-hybridized carbons (Fsp3) is 0.435. The fourth-order valence-electron chi connectivity index (χ4n) is 4.02. The quantitative estimate of drug-likeness (QED) is 0.601. The zero-order valence-corrected chi connectivity index (χ0v) is 15.7. The van der Waals surface area contributed by atoms with Gasteiger partial charge in [-0.25, -0.2) is 0 Å². The second-order valence-electron chi connectivity index (χ2n) is 7.43. The van der Waals surface area contributed by atoms with Crippen LogP contribution in [0.15, 0.2) is 47.1 Å². The van der Waals surface area contributed by atoms with E-state index in [9.17, 15) is 4.79 Å². The van der Waals surface area contributed by atoms with E-state index in [1.165, 1.54) is 32.1 Å². The van der Waals surface area contributed by atoms with Gasteiger partial charge in [-0.2, -0.15) is 0 Å². The Labute approximate surface area is 159 Å². The zero-order chi connectivity index (χ0) is 18.5. The molecule has 0 saturated heterocycles. The van der Waals surface area contributed by atoms with E-state index in [1.54, 1.807) is 6.26 Å². The van der Waals surface area contributed by atoms with Crippen molar-refractivity contribution in [1.82, 2.24) is 5.32 Å². The van der Waals surface area contributed by atoms with Crippen LogP contribution in [0.25, 0.3) is 21.7 Å². The Balaban J connectivity index is 1.30. The molecule has 1 aromatic heterocycles. The largest absolute Gasteiger partial charge is 0.464 e. The first-order chi connectivity index (χ1) is 13.3. The van der Waals surface area contributed by atoms with Gasteiger partial charge in [0.15, 0.2) is 0 Å². The molecule has 1 aliphatic rings. The molecule has 0 unspecified atom stereocenters. The normalized spacial score (nSPS) is 15.4. The van der Waals surface area contributed by atoms with E-state index in [4.69, 9.17) is 9.15 Å². The van der Waals surface area contributed by atoms with Crippen molar-refractivity contribution in [2.24, 2.45) is 0 Å². The Morgan fingerprint density at radius 2 is 1.96 bits per heavy atom. The van der Waals surface area contributed by atoms with Crippen LogP contribution in [0.3, 0.4) is 0 Å². The van der Waals surface area contributed by atoms with E-state index in [-0.39, 0.29) is 5.91 Å². The molecule has 1 aliphatic carbocycles. The van der Waals surface area contributed by atoms with Crippen LogP contribution >= 0.6 is 0 Å². The number of fused-ring (bicyclic) bond motifs is 3. The summed E-state index contributed by atoms with van der Waals surface area (Å²) >= 11 is 0. The van der Waals surface area contributed by atoms with Crippen LogP contribution in [0.2, 0.25) is 0 Å². The summed E-state index contributed by atoms with van der Waals surface area (Å²) in [5.74, 6) is 0.0308. The second-order valence-corrected chi connectivity index (χ2v) is 7.43. The van der Waals surface area contributed by atoms with Crippen LogP contribution in [0.4, 0.5) is 0 Å². The fourth-order valence-corrected chi connectivity index (χ4v) is 4.02. The van der Waals surface area contributed by atoms with Gasteiger partial charge in [-0.05, 0) is 36.1 Å². The number of amides is 1. The highest BCUT2D eigenvalue weighted by molar-refractivity contribution is 6.08. The molecule has 2 aromatic carbocycles. The van der Waals surface area contributed by atoms with Crippen LogP contribution in [-0.4, -0.2) is 25.2 Å². The molecular formula is C23H27NO3. The van der Waals surface area contributed by atoms with Gasteiger partial charge in [-0.3, -0.25) is 4.79 Å². The lowest BCUT2D eigenvalue weighted by atomic mass is 9.98. The molecule has 0 bridgehead atoms. The Hall–Kier alpha value is -2.33. The number of furan rings is 1. The molecule has 4 heteroatoms. The summed E-state index contributed by atoms with van der Waals surface area (Å²) in [4.78, 5) is 12.4. The molecule has 1 heterocycles. The van der Waals surface area contributed by atoms with Crippen molar-refractivity contribution in [3.05, 3.63) is 48.2 Å². The first kappa shape index (κ1) is 18.1. The van der Waals surface area contributed by atoms with E-state index in [1.807, 2.05) is 18.2 Å². The molecule has 0 spiro atoms. The smallest absolute Gasteiger partial charge is 0.224 e. The second kappa shape index (κ2) is 8.57. The van der Waals surface area contributed by atoms with Crippen LogP contribution in [0.5, 0.6) is 0 Å². The number of hydrogen-bond acceptors (Lipinski definition) is 3. The number of hydrogen-bond donors (Lipinski definition) is 1. The van der Waals surface area contributed by atoms with Gasteiger partial charge in [-0.15, -0.1) is 0 Å². The van der Waals surface area contributed by atoms with Gasteiger partial charge in [0.05, 0.1) is 18.8 Å². The lowest BCUT2D eigenvalue weighted by Crippen LogP contribution is -2.27. The highest BCUT2D eigenvalue weighted by Crippen LogP contribution is 2.30. The van der Waals surface area contributed by atoms with E-state index < -0.39 is 0 Å². The molecule has 1 saturated carbocycles. The van der Waals surface area contributed by atoms with Crippen molar-refractivity contribution in [3.8, 4) is 0 Å². The number of carbonyl (C=O) groups excluding carboxylic acids is 1. The summed E-state index contributed by atoms with van der Waals surface area (Å²) in [5, 5.41) is 6.35. The predicted octanol–water partition coefficient (Wildman–Crippen LogP) is 4.98. The van der Waals surface area contributed by atoms with E-state index in [0.717, 1.165) is 40.3 Å². The Bertz CT molecular complexity index is 908. The van der Waals surface area contributed by atoms with Crippen LogP contribution in [-0.2, 0) is 16.0 Å². The Kier molecular flexibility index (Phi) is 5.73. The zero-order valence-electron chi connectivity index (χ0n) is 15.7. The van der Waals surface area contributed by atoms with Crippen molar-refractivity contribution in [1.29, 1.82) is 0 Å². The molecule has 3 aromatic rings. The maximum Gasteiger partial charge on any atom is 0.224 e. The van der Waals surface area contributed by atoms with Crippen molar-refractivity contribution < 1.29 is 13.9 Å². The molecule has 0 atom stereocenters. The number of benzene rings is 2. The third kappa shape index (κ3) is 4.33. The van der Waals surface area contributed by atoms with Gasteiger partial charge in [0.25, 0.3) is 0 Å². The summed E-state index contributed by atoms with van der Waals surface area (Å²) < 4.78 is 11.6. The average Bonchev–Trinajstić information content (AvgIpc) is 3.12. The predicted molar refractivity (Wildman–Crippen MR) is 108 cm³/mol. The molecule has 4 rings (SSSR count). The minimum Gasteiger partial charge on any atom is -0.464 e. The third-order valence-electron chi connectivity index (χ3n) is 5.44. The highest BCUT2D eigenvalue weighted by atomic mass is 16.5. The van der Waals surface area contributed by atoms with Crippen LogP contribution in [0, 0.1) is 0 Å². The maximum absolute atomic E-state index is 12.4. The van der Waals surface area contributed by atoms with E-state index in [0.29, 0.717) is 19.1 Å². The third-order valence-corrected chi connectivity index (χ3v) is 5.44. The van der Waals surface area contributed by atoms with Crippen LogP contribution in [0.1, 0.15) is 44.1 Å². The van der Waals surface area contributed by atoms with Crippen molar-refractivity contribution in [3.63, 3.8) is 0 Å². The Morgan fingerprint density at radius 3 is 2.85 bits per heavy atom. The Morgan fingerprint density at radius 1 is 1.11 bits per heavy atom. The first-order valence-electron chi connectivity index (χ1n) is 10.1.